The fourth-order valence-electron chi connectivity index (χ4n) is 3.27. The van der Waals surface area contributed by atoms with Crippen LogP contribution >= 0.6 is 0 Å². The van der Waals surface area contributed by atoms with Crippen molar-refractivity contribution >= 4 is 17.4 Å². The van der Waals surface area contributed by atoms with Crippen LogP contribution in [0.25, 0.3) is 5.76 Å². The van der Waals surface area contributed by atoms with Crippen molar-refractivity contribution in [3.8, 4) is 0 Å². The molecule has 1 aromatic carbocycles. The van der Waals surface area contributed by atoms with E-state index in [1.165, 1.54) is 60.0 Å². The highest BCUT2D eigenvalue weighted by atomic mass is 19.1. The lowest BCUT2D eigenvalue weighted by Crippen LogP contribution is -2.29. The van der Waals surface area contributed by atoms with Crippen molar-refractivity contribution in [1.29, 1.82) is 0 Å². The van der Waals surface area contributed by atoms with Crippen molar-refractivity contribution in [3.63, 3.8) is 0 Å². The predicted molar refractivity (Wildman–Crippen MR) is 97.2 cm³/mol. The molecule has 1 fully saturated rings. The van der Waals surface area contributed by atoms with E-state index in [1.807, 2.05) is 0 Å². The Bertz CT molecular complexity index is 1040. The van der Waals surface area contributed by atoms with E-state index in [9.17, 15) is 19.1 Å². The molecule has 1 saturated heterocycles. The summed E-state index contributed by atoms with van der Waals surface area (Å²) in [5.41, 5.74) is 0.801. The first-order chi connectivity index (χ1) is 13.6. The van der Waals surface area contributed by atoms with Crippen molar-refractivity contribution in [1.82, 2.24) is 9.88 Å². The van der Waals surface area contributed by atoms with Crippen LogP contribution in [0.4, 0.5) is 4.39 Å². The smallest absolute Gasteiger partial charge is 0.296 e. The van der Waals surface area contributed by atoms with Crippen molar-refractivity contribution in [2.24, 2.45) is 0 Å². The molecule has 1 N–H and O–H groups in total. The second-order valence-corrected chi connectivity index (χ2v) is 6.29. The summed E-state index contributed by atoms with van der Waals surface area (Å²) in [4.78, 5) is 30.7. The molecule has 1 aliphatic heterocycles. The van der Waals surface area contributed by atoms with Crippen LogP contribution in [0.3, 0.4) is 0 Å². The van der Waals surface area contributed by atoms with Gasteiger partial charge in [0.15, 0.2) is 0 Å². The molecule has 140 valence electrons. The Morgan fingerprint density at radius 3 is 2.46 bits per heavy atom. The van der Waals surface area contributed by atoms with E-state index in [-0.39, 0.29) is 17.9 Å². The van der Waals surface area contributed by atoms with Gasteiger partial charge in [0.2, 0.25) is 0 Å². The van der Waals surface area contributed by atoms with Crippen molar-refractivity contribution < 1.29 is 23.5 Å². The summed E-state index contributed by atoms with van der Waals surface area (Å²) in [5, 5.41) is 10.8. The van der Waals surface area contributed by atoms with Gasteiger partial charge >= 0.3 is 0 Å². The number of hydrogen-bond acceptors (Lipinski definition) is 5. The molecule has 4 rings (SSSR count). The van der Waals surface area contributed by atoms with Gasteiger partial charge in [-0.25, -0.2) is 4.39 Å². The number of rotatable bonds is 4. The SMILES string of the molecule is O=C1C(=O)N(Cc2ccco2)C(c2ccc(F)cc2)/C1=C(\O)c1ccncc1. The number of nitrogens with zero attached hydrogens (tertiary/aromatic N) is 2. The highest BCUT2D eigenvalue weighted by molar-refractivity contribution is 6.46. The first-order valence-electron chi connectivity index (χ1n) is 8.53. The zero-order valence-electron chi connectivity index (χ0n) is 14.6. The molecule has 0 saturated carbocycles. The van der Waals surface area contributed by atoms with Gasteiger partial charge < -0.3 is 14.4 Å². The quantitative estimate of drug-likeness (QED) is 0.427. The molecule has 6 nitrogen and oxygen atoms in total. The summed E-state index contributed by atoms with van der Waals surface area (Å²) in [7, 11) is 0. The van der Waals surface area contributed by atoms with E-state index in [1.54, 1.807) is 12.1 Å². The fraction of sp³-hybridized carbons (Fsp3) is 0.0952. The Morgan fingerprint density at radius 1 is 1.11 bits per heavy atom. The highest BCUT2D eigenvalue weighted by Gasteiger charge is 2.46. The van der Waals surface area contributed by atoms with E-state index in [0.29, 0.717) is 16.9 Å². The van der Waals surface area contributed by atoms with Crippen LogP contribution in [0.5, 0.6) is 0 Å². The molecule has 0 radical (unpaired) electrons. The molecule has 0 aliphatic carbocycles. The lowest BCUT2D eigenvalue weighted by Gasteiger charge is -2.24. The van der Waals surface area contributed by atoms with Crippen LogP contribution < -0.4 is 0 Å². The minimum absolute atomic E-state index is 0.0345. The number of aliphatic hydroxyl groups excluding tert-OH is 1. The number of likely N-dealkylation sites (tertiary alicyclic amines) is 1. The van der Waals surface area contributed by atoms with Gasteiger partial charge in [0.25, 0.3) is 11.7 Å². The third-order valence-corrected chi connectivity index (χ3v) is 4.59. The normalized spacial score (nSPS) is 18.6. The lowest BCUT2D eigenvalue weighted by atomic mass is 9.95. The number of pyridine rings is 1. The number of hydrogen-bond donors (Lipinski definition) is 1. The number of halogens is 1. The molecule has 0 spiro atoms. The topological polar surface area (TPSA) is 83.6 Å². The summed E-state index contributed by atoms with van der Waals surface area (Å²) < 4.78 is 18.7. The van der Waals surface area contributed by atoms with Gasteiger partial charge in [0, 0.05) is 18.0 Å². The number of aliphatic hydroxyl groups is 1. The Morgan fingerprint density at radius 2 is 1.82 bits per heavy atom. The first kappa shape index (κ1) is 17.7. The molecule has 3 aromatic rings. The van der Waals surface area contributed by atoms with E-state index < -0.39 is 23.5 Å². The monoisotopic (exact) mass is 378 g/mol. The number of carbonyl (C=O) groups excluding carboxylic acids is 2. The molecule has 3 heterocycles. The molecular weight excluding hydrogens is 363 g/mol. The van der Waals surface area contributed by atoms with E-state index in [0.717, 1.165) is 0 Å². The van der Waals surface area contributed by atoms with Crippen molar-refractivity contribution in [2.45, 2.75) is 12.6 Å². The van der Waals surface area contributed by atoms with E-state index in [2.05, 4.69) is 4.98 Å². The van der Waals surface area contributed by atoms with E-state index in [4.69, 9.17) is 4.42 Å². The molecule has 2 aromatic heterocycles. The third kappa shape index (κ3) is 3.07. The number of furan rings is 1. The van der Waals surface area contributed by atoms with Crippen LogP contribution in [-0.2, 0) is 16.1 Å². The Balaban J connectivity index is 1.86. The van der Waals surface area contributed by atoms with E-state index >= 15 is 0 Å². The molecule has 28 heavy (non-hydrogen) atoms. The van der Waals surface area contributed by atoms with Gasteiger partial charge in [0.1, 0.15) is 17.3 Å². The standard InChI is InChI=1S/C21H15FN2O4/c22-15-5-3-13(4-6-15)18-17(19(25)14-7-9-23-10-8-14)20(26)21(27)24(18)12-16-2-1-11-28-16/h1-11,18,25H,12H2/b19-17+. The summed E-state index contributed by atoms with van der Waals surface area (Å²) in [6.45, 7) is 0.0345. The summed E-state index contributed by atoms with van der Waals surface area (Å²) in [5.74, 6) is -1.84. The van der Waals surface area contributed by atoms with Gasteiger partial charge in [-0.15, -0.1) is 0 Å². The van der Waals surface area contributed by atoms with Crippen LogP contribution in [0.2, 0.25) is 0 Å². The molecule has 1 amide bonds. The van der Waals surface area contributed by atoms with Crippen molar-refractivity contribution in [2.75, 3.05) is 0 Å². The maximum atomic E-state index is 13.4. The number of aromatic nitrogens is 1. The highest BCUT2D eigenvalue weighted by Crippen LogP contribution is 2.40. The van der Waals surface area contributed by atoms with Crippen LogP contribution in [-0.4, -0.2) is 26.7 Å². The first-order valence-corrected chi connectivity index (χ1v) is 8.53. The average molecular weight is 378 g/mol. The zero-order valence-corrected chi connectivity index (χ0v) is 14.6. The van der Waals surface area contributed by atoms with Crippen LogP contribution in [0.15, 0.2) is 77.2 Å². The Hall–Kier alpha value is -3.74. The number of amides is 1. The number of ketones is 1. The second kappa shape index (κ2) is 7.11. The van der Waals surface area contributed by atoms with Gasteiger partial charge in [0.05, 0.1) is 24.4 Å². The van der Waals surface area contributed by atoms with Gasteiger partial charge in [-0.3, -0.25) is 14.6 Å². The van der Waals surface area contributed by atoms with Crippen LogP contribution in [0.1, 0.15) is 22.9 Å². The minimum Gasteiger partial charge on any atom is -0.507 e. The summed E-state index contributed by atoms with van der Waals surface area (Å²) >= 11 is 0. The summed E-state index contributed by atoms with van der Waals surface area (Å²) in [6.07, 6.45) is 4.41. The molecule has 1 aliphatic rings. The third-order valence-electron chi connectivity index (χ3n) is 4.59. The lowest BCUT2D eigenvalue weighted by molar-refractivity contribution is -0.140. The number of benzene rings is 1. The molecule has 0 bridgehead atoms. The zero-order chi connectivity index (χ0) is 19.7. The largest absolute Gasteiger partial charge is 0.507 e. The molecular formula is C21H15FN2O4. The van der Waals surface area contributed by atoms with Gasteiger partial charge in [-0.05, 0) is 42.0 Å². The average Bonchev–Trinajstić information content (AvgIpc) is 3.31. The van der Waals surface area contributed by atoms with Gasteiger partial charge in [-0.2, -0.15) is 0 Å². The van der Waals surface area contributed by atoms with Crippen LogP contribution in [0, 0.1) is 5.82 Å². The molecule has 7 heteroatoms. The van der Waals surface area contributed by atoms with Crippen molar-refractivity contribution in [3.05, 3.63) is 95.5 Å². The maximum absolute atomic E-state index is 13.4. The predicted octanol–water partition coefficient (Wildman–Crippen LogP) is 3.44. The Labute approximate surface area is 159 Å². The number of carbonyl (C=O) groups is 2. The molecule has 1 atom stereocenters. The number of Topliss-reactive ketones (excluding diaryl/α,β-unsaturated/α-hetero) is 1. The Kier molecular flexibility index (Phi) is 4.49. The fourth-order valence-corrected chi connectivity index (χ4v) is 3.27. The van der Waals surface area contributed by atoms with Gasteiger partial charge in [-0.1, -0.05) is 12.1 Å². The maximum Gasteiger partial charge on any atom is 0.296 e. The second-order valence-electron chi connectivity index (χ2n) is 6.29. The summed E-state index contributed by atoms with van der Waals surface area (Å²) in [6, 6.07) is 11.0. The molecule has 1 unspecified atom stereocenters. The minimum atomic E-state index is -0.876.